The molecule has 1 N–H and O–H groups in total. The van der Waals surface area contributed by atoms with Crippen molar-refractivity contribution in [2.24, 2.45) is 0 Å². The Balaban J connectivity index is 2.43. The van der Waals surface area contributed by atoms with E-state index in [1.807, 2.05) is 13.0 Å². The lowest BCUT2D eigenvalue weighted by molar-refractivity contribution is 0.0924. The van der Waals surface area contributed by atoms with Gasteiger partial charge in [0, 0.05) is 6.54 Å². The van der Waals surface area contributed by atoms with Gasteiger partial charge < -0.3 is 5.32 Å². The van der Waals surface area contributed by atoms with Crippen molar-refractivity contribution in [3.8, 4) is 0 Å². The summed E-state index contributed by atoms with van der Waals surface area (Å²) >= 11 is 0. The highest BCUT2D eigenvalue weighted by atomic mass is 16.2. The van der Waals surface area contributed by atoms with Gasteiger partial charge >= 0.3 is 0 Å². The monoisotopic (exact) mass is 165 g/mol. The summed E-state index contributed by atoms with van der Waals surface area (Å²) in [7, 11) is 0. The van der Waals surface area contributed by atoms with Crippen LogP contribution in [-0.2, 0) is 13.0 Å². The second-order valence-electron chi connectivity index (χ2n) is 2.85. The van der Waals surface area contributed by atoms with Gasteiger partial charge in [0.1, 0.15) is 5.69 Å². The summed E-state index contributed by atoms with van der Waals surface area (Å²) < 4.78 is 1.78. The van der Waals surface area contributed by atoms with Gasteiger partial charge in [0.05, 0.1) is 12.2 Å². The highest BCUT2D eigenvalue weighted by Crippen LogP contribution is 2.07. The molecule has 0 bridgehead atoms. The molecule has 4 heteroatoms. The largest absolute Gasteiger partial charge is 0.349 e. The van der Waals surface area contributed by atoms with Crippen LogP contribution in [0.4, 0.5) is 0 Å². The van der Waals surface area contributed by atoms with Gasteiger partial charge in [-0.25, -0.2) is 0 Å². The number of amides is 1. The summed E-state index contributed by atoms with van der Waals surface area (Å²) in [5.41, 5.74) is 1.68. The fraction of sp³-hybridized carbons (Fsp3) is 0.500. The molecule has 0 aliphatic carbocycles. The summed E-state index contributed by atoms with van der Waals surface area (Å²) in [6.07, 6.45) is 0.882. The molecule has 12 heavy (non-hydrogen) atoms. The van der Waals surface area contributed by atoms with E-state index in [-0.39, 0.29) is 5.91 Å². The van der Waals surface area contributed by atoms with Gasteiger partial charge in [-0.05, 0) is 12.5 Å². The quantitative estimate of drug-likeness (QED) is 0.645. The van der Waals surface area contributed by atoms with Crippen LogP contribution in [0, 0.1) is 0 Å². The van der Waals surface area contributed by atoms with E-state index in [2.05, 4.69) is 10.4 Å². The van der Waals surface area contributed by atoms with Crippen molar-refractivity contribution in [2.45, 2.75) is 19.9 Å². The molecule has 0 saturated carbocycles. The maximum Gasteiger partial charge on any atom is 0.269 e. The van der Waals surface area contributed by atoms with E-state index in [1.54, 1.807) is 4.68 Å². The first-order valence-corrected chi connectivity index (χ1v) is 4.16. The predicted octanol–water partition coefficient (Wildman–Crippen LogP) is 0.189. The van der Waals surface area contributed by atoms with Gasteiger partial charge in [0.25, 0.3) is 5.91 Å². The molecule has 4 nitrogen and oxygen atoms in total. The Bertz CT molecular complexity index is 316. The molecule has 0 unspecified atom stereocenters. The first-order valence-electron chi connectivity index (χ1n) is 4.16. The smallest absolute Gasteiger partial charge is 0.269 e. The fourth-order valence-corrected chi connectivity index (χ4v) is 1.36. The van der Waals surface area contributed by atoms with Crippen molar-refractivity contribution >= 4 is 5.91 Å². The van der Waals surface area contributed by atoms with E-state index < -0.39 is 0 Å². The number of aromatic nitrogens is 2. The van der Waals surface area contributed by atoms with E-state index in [4.69, 9.17) is 0 Å². The highest BCUT2D eigenvalue weighted by Gasteiger charge is 2.17. The molecule has 0 atom stereocenters. The van der Waals surface area contributed by atoms with Crippen LogP contribution in [0.5, 0.6) is 0 Å². The number of rotatable bonds is 1. The van der Waals surface area contributed by atoms with Crippen LogP contribution in [-0.4, -0.2) is 22.2 Å². The minimum Gasteiger partial charge on any atom is -0.349 e. The molecule has 1 aliphatic rings. The van der Waals surface area contributed by atoms with Gasteiger partial charge in [0.2, 0.25) is 0 Å². The van der Waals surface area contributed by atoms with E-state index in [0.717, 1.165) is 18.7 Å². The first-order chi connectivity index (χ1) is 5.81. The number of aryl methyl sites for hydroxylation is 1. The third-order valence-corrected chi connectivity index (χ3v) is 2.03. The molecule has 0 fully saturated rings. The molecular formula is C8H11N3O. The summed E-state index contributed by atoms with van der Waals surface area (Å²) in [6.45, 7) is 3.52. The van der Waals surface area contributed by atoms with Gasteiger partial charge in [0.15, 0.2) is 0 Å². The van der Waals surface area contributed by atoms with Crippen molar-refractivity contribution in [3.05, 3.63) is 17.5 Å². The standard InChI is InChI=1S/C8H11N3O/c1-2-6-5-7-8(12)9-3-4-11(7)10-6/h5H,2-4H2,1H3,(H,9,12). The average Bonchev–Trinajstić information content (AvgIpc) is 2.49. The topological polar surface area (TPSA) is 46.9 Å². The highest BCUT2D eigenvalue weighted by molar-refractivity contribution is 5.93. The molecule has 0 spiro atoms. The molecule has 2 heterocycles. The molecule has 0 saturated heterocycles. The average molecular weight is 165 g/mol. The van der Waals surface area contributed by atoms with Crippen molar-refractivity contribution in [2.75, 3.05) is 6.54 Å². The lowest BCUT2D eigenvalue weighted by Crippen LogP contribution is -2.35. The molecule has 0 radical (unpaired) electrons. The van der Waals surface area contributed by atoms with Gasteiger partial charge in [-0.2, -0.15) is 5.10 Å². The number of nitrogens with one attached hydrogen (secondary N) is 1. The molecule has 1 aromatic rings. The second kappa shape index (κ2) is 2.62. The molecule has 1 aliphatic heterocycles. The van der Waals surface area contributed by atoms with Crippen molar-refractivity contribution in [3.63, 3.8) is 0 Å². The lowest BCUT2D eigenvalue weighted by Gasteiger charge is -2.13. The number of carbonyl (C=O) groups is 1. The fourth-order valence-electron chi connectivity index (χ4n) is 1.36. The minimum atomic E-state index is -0.00606. The van der Waals surface area contributed by atoms with Gasteiger partial charge in [-0.1, -0.05) is 6.92 Å². The van der Waals surface area contributed by atoms with Crippen molar-refractivity contribution in [1.29, 1.82) is 0 Å². The van der Waals surface area contributed by atoms with Crippen molar-refractivity contribution < 1.29 is 4.79 Å². The molecule has 1 aromatic heterocycles. The number of fused-ring (bicyclic) bond motifs is 1. The van der Waals surface area contributed by atoms with Crippen LogP contribution in [0.1, 0.15) is 23.1 Å². The Morgan fingerprint density at radius 2 is 2.58 bits per heavy atom. The van der Waals surface area contributed by atoms with Crippen LogP contribution >= 0.6 is 0 Å². The van der Waals surface area contributed by atoms with Crippen LogP contribution in [0.2, 0.25) is 0 Å². The van der Waals surface area contributed by atoms with Crippen LogP contribution < -0.4 is 5.32 Å². The zero-order chi connectivity index (χ0) is 8.55. The summed E-state index contributed by atoms with van der Waals surface area (Å²) in [5, 5.41) is 7.05. The van der Waals surface area contributed by atoms with E-state index in [0.29, 0.717) is 12.2 Å². The Morgan fingerprint density at radius 1 is 1.75 bits per heavy atom. The molecule has 1 amide bonds. The van der Waals surface area contributed by atoms with Gasteiger partial charge in [-0.15, -0.1) is 0 Å². The zero-order valence-corrected chi connectivity index (χ0v) is 7.00. The number of carbonyl (C=O) groups excluding carboxylic acids is 1. The van der Waals surface area contributed by atoms with E-state index in [9.17, 15) is 4.79 Å². The van der Waals surface area contributed by atoms with Crippen LogP contribution in [0.3, 0.4) is 0 Å². The van der Waals surface area contributed by atoms with Crippen molar-refractivity contribution in [1.82, 2.24) is 15.1 Å². The van der Waals surface area contributed by atoms with E-state index in [1.165, 1.54) is 0 Å². The third-order valence-electron chi connectivity index (χ3n) is 2.03. The zero-order valence-electron chi connectivity index (χ0n) is 7.00. The molecule has 2 rings (SSSR count). The van der Waals surface area contributed by atoms with Crippen LogP contribution in [0.15, 0.2) is 6.07 Å². The predicted molar refractivity (Wildman–Crippen MR) is 43.9 cm³/mol. The second-order valence-corrected chi connectivity index (χ2v) is 2.85. The Morgan fingerprint density at radius 3 is 3.25 bits per heavy atom. The van der Waals surface area contributed by atoms with E-state index >= 15 is 0 Å². The SMILES string of the molecule is CCc1cc2n(n1)CCNC2=O. The van der Waals surface area contributed by atoms with Crippen LogP contribution in [0.25, 0.3) is 0 Å². The first kappa shape index (κ1) is 7.34. The molecule has 64 valence electrons. The number of hydrogen-bond donors (Lipinski definition) is 1. The minimum absolute atomic E-state index is 0.00606. The number of nitrogens with zero attached hydrogens (tertiary/aromatic N) is 2. The Kier molecular flexibility index (Phi) is 1.60. The lowest BCUT2D eigenvalue weighted by atomic mass is 10.3. The Labute approximate surface area is 70.6 Å². The maximum atomic E-state index is 11.2. The summed E-state index contributed by atoms with van der Waals surface area (Å²) in [6, 6.07) is 1.86. The normalized spacial score (nSPS) is 15.6. The summed E-state index contributed by atoms with van der Waals surface area (Å²) in [4.78, 5) is 11.2. The molecular weight excluding hydrogens is 154 g/mol. The third kappa shape index (κ3) is 0.995. The molecule has 0 aromatic carbocycles. The Hall–Kier alpha value is -1.32. The van der Waals surface area contributed by atoms with Gasteiger partial charge in [-0.3, -0.25) is 9.48 Å². The number of hydrogen-bond acceptors (Lipinski definition) is 2. The maximum absolute atomic E-state index is 11.2. The summed E-state index contributed by atoms with van der Waals surface area (Å²) in [5.74, 6) is -0.00606.